The molecule has 1 atom stereocenters. The van der Waals surface area contributed by atoms with Crippen LogP contribution in [0.1, 0.15) is 20.3 Å². The number of hydrogen-bond donors (Lipinski definition) is 0. The van der Waals surface area contributed by atoms with Crippen molar-refractivity contribution in [1.82, 2.24) is 0 Å². The second-order valence-electron chi connectivity index (χ2n) is 2.17. The van der Waals surface area contributed by atoms with Crippen LogP contribution in [0.4, 0.5) is 0 Å². The lowest BCUT2D eigenvalue weighted by Crippen LogP contribution is -1.84. The SMILES string of the molecule is CCOC=CC([SiH3])CC. The van der Waals surface area contributed by atoms with Gasteiger partial charge >= 0.3 is 0 Å². The van der Waals surface area contributed by atoms with Crippen LogP contribution >= 0.6 is 0 Å². The summed E-state index contributed by atoms with van der Waals surface area (Å²) in [6.45, 7) is 4.99. The van der Waals surface area contributed by atoms with Crippen LogP contribution in [0.5, 0.6) is 0 Å². The maximum atomic E-state index is 5.05. The van der Waals surface area contributed by atoms with E-state index in [9.17, 15) is 0 Å². The minimum atomic E-state index is 0.786. The number of hydrogen-bond acceptors (Lipinski definition) is 1. The second kappa shape index (κ2) is 5.89. The van der Waals surface area contributed by atoms with E-state index in [1.54, 1.807) is 0 Å². The highest BCUT2D eigenvalue weighted by atomic mass is 28.1. The molecule has 0 bridgehead atoms. The lowest BCUT2D eigenvalue weighted by Gasteiger charge is -1.98. The molecule has 0 aliphatic rings. The van der Waals surface area contributed by atoms with Gasteiger partial charge in [0.2, 0.25) is 0 Å². The van der Waals surface area contributed by atoms with Gasteiger partial charge in [-0.1, -0.05) is 19.4 Å². The highest BCUT2D eigenvalue weighted by Crippen LogP contribution is 2.04. The molecular weight excluding hydrogens is 128 g/mol. The largest absolute Gasteiger partial charge is 0.502 e. The fourth-order valence-electron chi connectivity index (χ4n) is 0.422. The summed E-state index contributed by atoms with van der Waals surface area (Å²) in [5.41, 5.74) is 0.788. The van der Waals surface area contributed by atoms with Crippen LogP contribution in [-0.2, 0) is 4.74 Å². The fourth-order valence-corrected chi connectivity index (χ4v) is 0.579. The second-order valence-corrected chi connectivity index (χ2v) is 3.65. The summed E-state index contributed by atoms with van der Waals surface area (Å²) in [6.07, 6.45) is 5.21. The summed E-state index contributed by atoms with van der Waals surface area (Å²) in [5.74, 6) is 0. The maximum Gasteiger partial charge on any atom is 0.0845 e. The van der Waals surface area contributed by atoms with Crippen molar-refractivity contribution in [1.29, 1.82) is 0 Å². The molecule has 0 fully saturated rings. The van der Waals surface area contributed by atoms with Crippen LogP contribution in [0.25, 0.3) is 0 Å². The molecule has 0 aromatic carbocycles. The van der Waals surface area contributed by atoms with Crippen molar-refractivity contribution in [3.05, 3.63) is 12.3 Å². The Labute approximate surface area is 60.5 Å². The monoisotopic (exact) mass is 144 g/mol. The smallest absolute Gasteiger partial charge is 0.0845 e. The van der Waals surface area contributed by atoms with E-state index < -0.39 is 0 Å². The minimum absolute atomic E-state index is 0.786. The molecule has 0 N–H and O–H groups in total. The first-order chi connectivity index (χ1) is 4.31. The van der Waals surface area contributed by atoms with E-state index in [1.165, 1.54) is 16.7 Å². The molecule has 0 amide bonds. The Hall–Kier alpha value is -0.243. The summed E-state index contributed by atoms with van der Waals surface area (Å²) in [7, 11) is 1.24. The van der Waals surface area contributed by atoms with E-state index in [4.69, 9.17) is 4.74 Å². The molecule has 0 aliphatic carbocycles. The van der Waals surface area contributed by atoms with E-state index in [2.05, 4.69) is 13.0 Å². The van der Waals surface area contributed by atoms with Gasteiger partial charge in [0.25, 0.3) is 0 Å². The molecule has 0 rings (SSSR count). The predicted molar refractivity (Wildman–Crippen MR) is 44.7 cm³/mol. The Morgan fingerprint density at radius 3 is 2.67 bits per heavy atom. The number of ether oxygens (including phenoxy) is 1. The highest BCUT2D eigenvalue weighted by Gasteiger charge is 1.88. The lowest BCUT2D eigenvalue weighted by molar-refractivity contribution is 0.268. The molecule has 0 saturated carbocycles. The van der Waals surface area contributed by atoms with Crippen LogP contribution < -0.4 is 0 Å². The molecule has 0 radical (unpaired) electrons. The Balaban J connectivity index is 3.20. The molecule has 0 heterocycles. The molecule has 1 nitrogen and oxygen atoms in total. The Bertz CT molecular complexity index is 81.0. The Kier molecular flexibility index (Phi) is 5.73. The maximum absolute atomic E-state index is 5.05. The van der Waals surface area contributed by atoms with Crippen molar-refractivity contribution in [2.24, 2.45) is 0 Å². The van der Waals surface area contributed by atoms with Gasteiger partial charge in [0.1, 0.15) is 0 Å². The Morgan fingerprint density at radius 1 is 1.56 bits per heavy atom. The zero-order valence-electron chi connectivity index (χ0n) is 6.55. The van der Waals surface area contributed by atoms with Crippen molar-refractivity contribution in [2.75, 3.05) is 6.61 Å². The van der Waals surface area contributed by atoms with Gasteiger partial charge in [-0.3, -0.25) is 0 Å². The van der Waals surface area contributed by atoms with Crippen molar-refractivity contribution < 1.29 is 4.74 Å². The number of allylic oxidation sites excluding steroid dienone is 1. The molecule has 2 heteroatoms. The van der Waals surface area contributed by atoms with Gasteiger partial charge in [-0.05, 0) is 12.5 Å². The third-order valence-electron chi connectivity index (χ3n) is 1.31. The van der Waals surface area contributed by atoms with E-state index in [0.717, 1.165) is 12.1 Å². The standard InChI is InChI=1S/C7H16OSi/c1-3-7(9)5-6-8-4-2/h5-7H,3-4H2,1-2,9H3. The van der Waals surface area contributed by atoms with Gasteiger partial charge in [0, 0.05) is 10.2 Å². The fraction of sp³-hybridized carbons (Fsp3) is 0.714. The third-order valence-corrected chi connectivity index (χ3v) is 2.52. The zero-order chi connectivity index (χ0) is 7.11. The third kappa shape index (κ3) is 5.63. The summed E-state index contributed by atoms with van der Waals surface area (Å²) in [6, 6.07) is 0. The molecule has 0 spiro atoms. The summed E-state index contributed by atoms with van der Waals surface area (Å²) in [4.78, 5) is 0. The van der Waals surface area contributed by atoms with Gasteiger partial charge in [-0.25, -0.2) is 0 Å². The van der Waals surface area contributed by atoms with Crippen LogP contribution in [0.15, 0.2) is 12.3 Å². The van der Waals surface area contributed by atoms with Crippen molar-refractivity contribution in [2.45, 2.75) is 25.8 Å². The van der Waals surface area contributed by atoms with Crippen LogP contribution in [0.2, 0.25) is 5.54 Å². The van der Waals surface area contributed by atoms with Crippen molar-refractivity contribution in [3.8, 4) is 0 Å². The molecule has 0 aromatic heterocycles. The van der Waals surface area contributed by atoms with Gasteiger partial charge < -0.3 is 4.74 Å². The quantitative estimate of drug-likeness (QED) is 0.424. The predicted octanol–water partition coefficient (Wildman–Crippen LogP) is 1.10. The summed E-state index contributed by atoms with van der Waals surface area (Å²) >= 11 is 0. The first kappa shape index (κ1) is 8.76. The van der Waals surface area contributed by atoms with E-state index in [0.29, 0.717) is 0 Å². The van der Waals surface area contributed by atoms with Crippen molar-refractivity contribution >= 4 is 10.2 Å². The molecular formula is C7H16OSi. The van der Waals surface area contributed by atoms with E-state index in [1.807, 2.05) is 13.2 Å². The first-order valence-electron chi connectivity index (χ1n) is 3.59. The summed E-state index contributed by atoms with van der Waals surface area (Å²) in [5, 5.41) is 0. The number of rotatable bonds is 4. The van der Waals surface area contributed by atoms with Gasteiger partial charge in [0.05, 0.1) is 12.9 Å². The van der Waals surface area contributed by atoms with Crippen LogP contribution in [0, 0.1) is 0 Å². The van der Waals surface area contributed by atoms with Crippen molar-refractivity contribution in [3.63, 3.8) is 0 Å². The average molecular weight is 144 g/mol. The molecule has 0 saturated heterocycles. The van der Waals surface area contributed by atoms with Gasteiger partial charge in [-0.15, -0.1) is 0 Å². The zero-order valence-corrected chi connectivity index (χ0v) is 8.55. The molecule has 0 aromatic rings. The van der Waals surface area contributed by atoms with Gasteiger partial charge in [-0.2, -0.15) is 0 Å². The lowest BCUT2D eigenvalue weighted by atomic mass is 10.3. The highest BCUT2D eigenvalue weighted by molar-refractivity contribution is 6.12. The first-order valence-corrected chi connectivity index (χ1v) is 4.75. The molecule has 54 valence electrons. The average Bonchev–Trinajstić information content (AvgIpc) is 1.89. The molecule has 9 heavy (non-hydrogen) atoms. The van der Waals surface area contributed by atoms with E-state index >= 15 is 0 Å². The minimum Gasteiger partial charge on any atom is -0.502 e. The van der Waals surface area contributed by atoms with Crippen LogP contribution in [-0.4, -0.2) is 16.8 Å². The molecule has 1 unspecified atom stereocenters. The summed E-state index contributed by atoms with van der Waals surface area (Å²) < 4.78 is 5.05. The topological polar surface area (TPSA) is 9.23 Å². The van der Waals surface area contributed by atoms with Gasteiger partial charge in [0.15, 0.2) is 0 Å². The Morgan fingerprint density at radius 2 is 2.22 bits per heavy atom. The van der Waals surface area contributed by atoms with Crippen LogP contribution in [0.3, 0.4) is 0 Å². The normalized spacial score (nSPS) is 14.4. The van der Waals surface area contributed by atoms with E-state index in [-0.39, 0.29) is 0 Å². The molecule has 0 aliphatic heterocycles.